The Hall–Kier alpha value is -3.17. The van der Waals surface area contributed by atoms with Crippen LogP contribution < -0.4 is 10.9 Å². The van der Waals surface area contributed by atoms with E-state index in [2.05, 4.69) is 15.8 Å². The minimum absolute atomic E-state index is 0.00346. The van der Waals surface area contributed by atoms with Crippen LogP contribution in [0.4, 0.5) is 0 Å². The number of nitrogens with one attached hydrogen (secondary N) is 3. The third kappa shape index (κ3) is 4.37. The predicted molar refractivity (Wildman–Crippen MR) is 114 cm³/mol. The van der Waals surface area contributed by atoms with Crippen LogP contribution in [0.2, 0.25) is 0 Å². The zero-order chi connectivity index (χ0) is 22.1. The molecule has 9 heteroatoms. The van der Waals surface area contributed by atoms with Crippen molar-refractivity contribution in [2.75, 3.05) is 14.1 Å². The molecule has 0 unspecified atom stereocenters. The molecule has 0 fully saturated rings. The second kappa shape index (κ2) is 8.29. The number of fused-ring (bicyclic) bond motifs is 1. The molecule has 0 saturated heterocycles. The number of hydrazine groups is 1. The maximum absolute atomic E-state index is 12.4. The van der Waals surface area contributed by atoms with Crippen LogP contribution in [0.15, 0.2) is 47.4 Å². The molecule has 2 amide bonds. The van der Waals surface area contributed by atoms with Gasteiger partial charge in [0.15, 0.2) is 0 Å². The number of aromatic amines is 1. The van der Waals surface area contributed by atoms with Crippen LogP contribution in [-0.2, 0) is 21.2 Å². The van der Waals surface area contributed by atoms with E-state index in [1.54, 1.807) is 0 Å². The van der Waals surface area contributed by atoms with E-state index in [1.807, 2.05) is 32.0 Å². The number of hydrogen-bond donors (Lipinski definition) is 3. The molecule has 0 radical (unpaired) electrons. The number of amides is 2. The number of nitrogens with zero attached hydrogens (tertiary/aromatic N) is 1. The van der Waals surface area contributed by atoms with E-state index in [-0.39, 0.29) is 22.8 Å². The molecular weight excluding hydrogens is 404 g/mol. The molecule has 0 saturated carbocycles. The van der Waals surface area contributed by atoms with Crippen molar-refractivity contribution in [3.05, 3.63) is 64.8 Å². The van der Waals surface area contributed by atoms with Gasteiger partial charge in [0, 0.05) is 36.3 Å². The SMILES string of the molecule is Cc1ccc2[nH]c(C)c(CC(=O)NNC(=O)c3cccc(S(=O)(=O)N(C)C)c3)c2c1. The van der Waals surface area contributed by atoms with Crippen molar-refractivity contribution in [1.29, 1.82) is 0 Å². The number of carbonyl (C=O) groups excluding carboxylic acids is 2. The molecule has 0 atom stereocenters. The van der Waals surface area contributed by atoms with Crippen molar-refractivity contribution in [3.8, 4) is 0 Å². The van der Waals surface area contributed by atoms with Crippen LogP contribution >= 0.6 is 0 Å². The number of sulfonamides is 1. The summed E-state index contributed by atoms with van der Waals surface area (Å²) in [5.41, 5.74) is 8.64. The molecular formula is C21H24N4O4S. The van der Waals surface area contributed by atoms with E-state index in [0.29, 0.717) is 0 Å². The van der Waals surface area contributed by atoms with E-state index < -0.39 is 15.9 Å². The second-order valence-corrected chi connectivity index (χ2v) is 9.42. The first-order valence-corrected chi connectivity index (χ1v) is 10.7. The van der Waals surface area contributed by atoms with Crippen molar-refractivity contribution >= 4 is 32.7 Å². The Morgan fingerprint density at radius 1 is 1.03 bits per heavy atom. The minimum atomic E-state index is -3.67. The Kier molecular flexibility index (Phi) is 5.95. The number of rotatable bonds is 5. The number of H-pyrrole nitrogens is 1. The van der Waals surface area contributed by atoms with E-state index in [4.69, 9.17) is 0 Å². The number of aryl methyl sites for hydroxylation is 2. The highest BCUT2D eigenvalue weighted by Gasteiger charge is 2.19. The molecule has 1 aromatic heterocycles. The molecule has 0 aliphatic heterocycles. The predicted octanol–water partition coefficient (Wildman–Crippen LogP) is 2.04. The fraction of sp³-hybridized carbons (Fsp3) is 0.238. The summed E-state index contributed by atoms with van der Waals surface area (Å²) in [5, 5.41) is 0.968. The molecule has 8 nitrogen and oxygen atoms in total. The Bertz CT molecular complexity index is 1230. The molecule has 3 N–H and O–H groups in total. The summed E-state index contributed by atoms with van der Waals surface area (Å²) in [6, 6.07) is 11.6. The maximum atomic E-state index is 12.4. The number of hydrogen-bond acceptors (Lipinski definition) is 4. The van der Waals surface area contributed by atoms with Crippen LogP contribution in [0, 0.1) is 13.8 Å². The fourth-order valence-corrected chi connectivity index (χ4v) is 4.08. The molecule has 0 spiro atoms. The summed E-state index contributed by atoms with van der Waals surface area (Å²) in [5.74, 6) is -0.989. The summed E-state index contributed by atoms with van der Waals surface area (Å²) in [7, 11) is -0.839. The molecule has 3 rings (SSSR count). The van der Waals surface area contributed by atoms with Crippen LogP contribution in [0.5, 0.6) is 0 Å². The quantitative estimate of drug-likeness (QED) is 0.540. The summed E-state index contributed by atoms with van der Waals surface area (Å²) in [6.45, 7) is 3.88. The number of benzene rings is 2. The van der Waals surface area contributed by atoms with Gasteiger partial charge in [0.1, 0.15) is 0 Å². The Morgan fingerprint density at radius 3 is 2.47 bits per heavy atom. The van der Waals surface area contributed by atoms with E-state index in [9.17, 15) is 18.0 Å². The normalized spacial score (nSPS) is 11.6. The van der Waals surface area contributed by atoms with Gasteiger partial charge in [0.2, 0.25) is 15.9 Å². The fourth-order valence-electron chi connectivity index (χ4n) is 3.14. The standard InChI is InChI=1S/C21H24N4O4S/c1-13-8-9-19-18(10-13)17(14(2)22-19)12-20(26)23-24-21(27)15-6-5-7-16(11-15)30(28,29)25(3)4/h5-11,22H,12H2,1-4H3,(H,23,26)(H,24,27). The lowest BCUT2D eigenvalue weighted by atomic mass is 10.1. The Labute approximate surface area is 175 Å². The molecule has 3 aromatic rings. The van der Waals surface area contributed by atoms with Gasteiger partial charge in [-0.3, -0.25) is 20.4 Å². The van der Waals surface area contributed by atoms with E-state index in [0.717, 1.165) is 32.0 Å². The molecule has 0 aliphatic rings. The van der Waals surface area contributed by atoms with Gasteiger partial charge >= 0.3 is 0 Å². The smallest absolute Gasteiger partial charge is 0.269 e. The van der Waals surface area contributed by atoms with E-state index >= 15 is 0 Å². The zero-order valence-electron chi connectivity index (χ0n) is 17.2. The van der Waals surface area contributed by atoms with Gasteiger partial charge in [-0.05, 0) is 49.7 Å². The lowest BCUT2D eigenvalue weighted by Gasteiger charge is -2.12. The molecule has 0 aliphatic carbocycles. The first kappa shape index (κ1) is 21.5. The Morgan fingerprint density at radius 2 is 1.77 bits per heavy atom. The average molecular weight is 429 g/mol. The topological polar surface area (TPSA) is 111 Å². The number of aromatic nitrogens is 1. The van der Waals surface area contributed by atoms with E-state index in [1.165, 1.54) is 38.4 Å². The molecule has 30 heavy (non-hydrogen) atoms. The third-order valence-electron chi connectivity index (χ3n) is 4.80. The van der Waals surface area contributed by atoms with Crippen LogP contribution in [0.25, 0.3) is 10.9 Å². The van der Waals surface area contributed by atoms with Crippen LogP contribution in [0.1, 0.15) is 27.2 Å². The second-order valence-electron chi connectivity index (χ2n) is 7.27. The summed E-state index contributed by atoms with van der Waals surface area (Å²) in [6.07, 6.45) is 0.0879. The number of carbonyl (C=O) groups is 2. The highest BCUT2D eigenvalue weighted by molar-refractivity contribution is 7.89. The van der Waals surface area contributed by atoms with Gasteiger partial charge in [0.05, 0.1) is 11.3 Å². The van der Waals surface area contributed by atoms with Crippen molar-refractivity contribution in [1.82, 2.24) is 20.1 Å². The summed E-state index contributed by atoms with van der Waals surface area (Å²) in [4.78, 5) is 28.0. The van der Waals surface area contributed by atoms with Gasteiger partial charge in [-0.1, -0.05) is 17.7 Å². The van der Waals surface area contributed by atoms with Crippen LogP contribution in [-0.4, -0.2) is 43.6 Å². The van der Waals surface area contributed by atoms with Gasteiger partial charge < -0.3 is 4.98 Å². The molecule has 1 heterocycles. The molecule has 2 aromatic carbocycles. The first-order chi connectivity index (χ1) is 14.1. The third-order valence-corrected chi connectivity index (χ3v) is 6.61. The highest BCUT2D eigenvalue weighted by Crippen LogP contribution is 2.23. The van der Waals surface area contributed by atoms with Gasteiger partial charge in [-0.2, -0.15) is 0 Å². The molecule has 158 valence electrons. The Balaban J connectivity index is 1.69. The maximum Gasteiger partial charge on any atom is 0.269 e. The van der Waals surface area contributed by atoms with Crippen molar-refractivity contribution in [2.45, 2.75) is 25.2 Å². The lowest BCUT2D eigenvalue weighted by Crippen LogP contribution is -2.42. The largest absolute Gasteiger partial charge is 0.358 e. The summed E-state index contributed by atoms with van der Waals surface area (Å²) >= 11 is 0. The zero-order valence-corrected chi connectivity index (χ0v) is 18.1. The highest BCUT2D eigenvalue weighted by atomic mass is 32.2. The summed E-state index contributed by atoms with van der Waals surface area (Å²) < 4.78 is 25.5. The molecule has 0 bridgehead atoms. The van der Waals surface area contributed by atoms with Gasteiger partial charge in [-0.25, -0.2) is 12.7 Å². The van der Waals surface area contributed by atoms with Crippen LogP contribution in [0.3, 0.4) is 0 Å². The first-order valence-electron chi connectivity index (χ1n) is 9.29. The van der Waals surface area contributed by atoms with Crippen molar-refractivity contribution in [3.63, 3.8) is 0 Å². The monoisotopic (exact) mass is 428 g/mol. The van der Waals surface area contributed by atoms with Gasteiger partial charge in [-0.15, -0.1) is 0 Å². The average Bonchev–Trinajstić information content (AvgIpc) is 3.00. The van der Waals surface area contributed by atoms with Crippen molar-refractivity contribution < 1.29 is 18.0 Å². The minimum Gasteiger partial charge on any atom is -0.358 e. The van der Waals surface area contributed by atoms with Gasteiger partial charge in [0.25, 0.3) is 5.91 Å². The van der Waals surface area contributed by atoms with Crippen molar-refractivity contribution in [2.24, 2.45) is 0 Å². The lowest BCUT2D eigenvalue weighted by molar-refractivity contribution is -0.121.